The van der Waals surface area contributed by atoms with Crippen molar-refractivity contribution in [1.29, 1.82) is 0 Å². The van der Waals surface area contributed by atoms with Crippen LogP contribution >= 0.6 is 0 Å². The highest BCUT2D eigenvalue weighted by molar-refractivity contribution is 5.77. The van der Waals surface area contributed by atoms with Crippen molar-refractivity contribution in [3.63, 3.8) is 0 Å². The van der Waals surface area contributed by atoms with Crippen LogP contribution in [0.3, 0.4) is 0 Å². The lowest BCUT2D eigenvalue weighted by Gasteiger charge is -2.35. The second kappa shape index (κ2) is 9.43. The van der Waals surface area contributed by atoms with Crippen molar-refractivity contribution in [2.24, 2.45) is 5.92 Å². The normalized spacial score (nSPS) is 16.6. The van der Waals surface area contributed by atoms with Gasteiger partial charge in [-0.15, -0.1) is 0 Å². The number of hydrogen-bond donors (Lipinski definition) is 1. The molecule has 0 bridgehead atoms. The Balaban J connectivity index is 1.31. The van der Waals surface area contributed by atoms with E-state index in [4.69, 9.17) is 9.72 Å². The third-order valence-electron chi connectivity index (χ3n) is 6.30. The van der Waals surface area contributed by atoms with Crippen LogP contribution in [0.4, 0.5) is 0 Å². The molecular weight excluding hydrogens is 374 g/mol. The molecule has 0 amide bonds. The number of H-pyrrole nitrogens is 1. The van der Waals surface area contributed by atoms with E-state index in [2.05, 4.69) is 41.1 Å². The maximum absolute atomic E-state index is 12.4. The highest BCUT2D eigenvalue weighted by Gasteiger charge is 2.25. The van der Waals surface area contributed by atoms with E-state index in [1.807, 2.05) is 31.2 Å². The quantitative estimate of drug-likeness (QED) is 0.617. The molecule has 2 aromatic carbocycles. The Bertz CT molecular complexity index is 1020. The number of fused-ring (bicyclic) bond motifs is 1. The van der Waals surface area contributed by atoms with Crippen molar-refractivity contribution in [3.05, 3.63) is 70.3 Å². The molecule has 158 valence electrons. The Morgan fingerprint density at radius 1 is 1.13 bits per heavy atom. The van der Waals surface area contributed by atoms with Gasteiger partial charge in [0, 0.05) is 0 Å². The molecule has 30 heavy (non-hydrogen) atoms. The molecule has 1 N–H and O–H groups in total. The van der Waals surface area contributed by atoms with E-state index in [9.17, 15) is 4.79 Å². The molecule has 1 aliphatic rings. The first-order valence-electron chi connectivity index (χ1n) is 11.1. The van der Waals surface area contributed by atoms with E-state index in [-0.39, 0.29) is 11.6 Å². The lowest BCUT2D eigenvalue weighted by molar-refractivity contribution is 0.133. The molecular formula is C25H31N3O2. The van der Waals surface area contributed by atoms with E-state index < -0.39 is 0 Å². The van der Waals surface area contributed by atoms with Crippen LogP contribution in [-0.4, -0.2) is 34.6 Å². The third kappa shape index (κ3) is 4.73. The van der Waals surface area contributed by atoms with Crippen LogP contribution in [0.25, 0.3) is 10.9 Å². The predicted molar refractivity (Wildman–Crippen MR) is 121 cm³/mol. The van der Waals surface area contributed by atoms with E-state index in [1.54, 1.807) is 0 Å². The molecule has 1 aliphatic heterocycles. The Morgan fingerprint density at radius 3 is 2.60 bits per heavy atom. The van der Waals surface area contributed by atoms with E-state index >= 15 is 0 Å². The molecule has 5 heteroatoms. The zero-order valence-corrected chi connectivity index (χ0v) is 17.9. The van der Waals surface area contributed by atoms with Gasteiger partial charge in [0.1, 0.15) is 11.6 Å². The number of rotatable bonds is 7. The van der Waals surface area contributed by atoms with Gasteiger partial charge in [0.2, 0.25) is 0 Å². The molecule has 0 spiro atoms. The van der Waals surface area contributed by atoms with Crippen LogP contribution in [0.5, 0.6) is 5.75 Å². The summed E-state index contributed by atoms with van der Waals surface area (Å²) in [6.07, 6.45) is 4.73. The zero-order chi connectivity index (χ0) is 20.9. The molecule has 1 atom stereocenters. The molecule has 1 aromatic heterocycles. The molecule has 0 saturated carbocycles. The number of benzene rings is 2. The lowest BCUT2D eigenvalue weighted by atomic mass is 9.90. The molecule has 2 heterocycles. The van der Waals surface area contributed by atoms with Crippen LogP contribution in [0.1, 0.15) is 50.5 Å². The van der Waals surface area contributed by atoms with Gasteiger partial charge in [-0.2, -0.15) is 0 Å². The fraction of sp³-hybridized carbons (Fsp3) is 0.440. The minimum atomic E-state index is -0.0484. The number of likely N-dealkylation sites (tertiary alicyclic amines) is 1. The summed E-state index contributed by atoms with van der Waals surface area (Å²) in [5.41, 5.74) is 2.10. The topological polar surface area (TPSA) is 58.2 Å². The van der Waals surface area contributed by atoms with Crippen LogP contribution < -0.4 is 10.3 Å². The van der Waals surface area contributed by atoms with Crippen LogP contribution in [0.2, 0.25) is 0 Å². The number of piperidine rings is 1. The fourth-order valence-electron chi connectivity index (χ4n) is 4.39. The first-order chi connectivity index (χ1) is 14.6. The largest absolute Gasteiger partial charge is 0.494 e. The van der Waals surface area contributed by atoms with Crippen molar-refractivity contribution >= 4 is 10.9 Å². The molecule has 1 fully saturated rings. The molecule has 0 unspecified atom stereocenters. The SMILES string of the molecule is CCOc1ccc(CCC2CCN([C@H](C)c3nc4ccccc4c(=O)[nH]3)CC2)cc1. The summed E-state index contributed by atoms with van der Waals surface area (Å²) < 4.78 is 5.52. The van der Waals surface area contributed by atoms with Gasteiger partial charge >= 0.3 is 0 Å². The summed E-state index contributed by atoms with van der Waals surface area (Å²) in [6.45, 7) is 6.96. The number of para-hydroxylation sites is 1. The van der Waals surface area contributed by atoms with Crippen molar-refractivity contribution in [2.75, 3.05) is 19.7 Å². The lowest BCUT2D eigenvalue weighted by Crippen LogP contribution is -2.37. The first kappa shape index (κ1) is 20.6. The van der Waals surface area contributed by atoms with Gasteiger partial charge in [0.25, 0.3) is 5.56 Å². The highest BCUT2D eigenvalue weighted by atomic mass is 16.5. The second-order valence-electron chi connectivity index (χ2n) is 8.24. The van der Waals surface area contributed by atoms with Crippen LogP contribution in [0, 0.1) is 5.92 Å². The number of nitrogens with zero attached hydrogens (tertiary/aromatic N) is 2. The Hall–Kier alpha value is -2.66. The Morgan fingerprint density at radius 2 is 1.87 bits per heavy atom. The first-order valence-corrected chi connectivity index (χ1v) is 11.1. The van der Waals surface area contributed by atoms with Crippen LogP contribution in [0.15, 0.2) is 53.3 Å². The molecule has 5 nitrogen and oxygen atoms in total. The van der Waals surface area contributed by atoms with Gasteiger partial charge in [-0.3, -0.25) is 9.69 Å². The maximum Gasteiger partial charge on any atom is 0.258 e. The van der Waals surface area contributed by atoms with Gasteiger partial charge in [0.15, 0.2) is 0 Å². The molecule has 1 saturated heterocycles. The number of nitrogens with one attached hydrogen (secondary N) is 1. The van der Waals surface area contributed by atoms with Crippen molar-refractivity contribution in [1.82, 2.24) is 14.9 Å². The molecule has 3 aromatic rings. The summed E-state index contributed by atoms with van der Waals surface area (Å²) in [5.74, 6) is 2.47. The molecule has 4 rings (SSSR count). The summed E-state index contributed by atoms with van der Waals surface area (Å²) in [6, 6.07) is 16.2. The maximum atomic E-state index is 12.4. The minimum absolute atomic E-state index is 0.0484. The van der Waals surface area contributed by atoms with Crippen molar-refractivity contribution in [2.45, 2.75) is 45.6 Å². The van der Waals surface area contributed by atoms with Gasteiger partial charge in [-0.1, -0.05) is 24.3 Å². The summed E-state index contributed by atoms with van der Waals surface area (Å²) in [4.78, 5) is 22.6. The zero-order valence-electron chi connectivity index (χ0n) is 17.9. The number of hydrogen-bond acceptors (Lipinski definition) is 4. The number of aromatic nitrogens is 2. The summed E-state index contributed by atoms with van der Waals surface area (Å²) in [7, 11) is 0. The smallest absolute Gasteiger partial charge is 0.258 e. The third-order valence-corrected chi connectivity index (χ3v) is 6.30. The minimum Gasteiger partial charge on any atom is -0.494 e. The second-order valence-corrected chi connectivity index (χ2v) is 8.24. The van der Waals surface area contributed by atoms with Gasteiger partial charge in [0.05, 0.1) is 23.6 Å². The van der Waals surface area contributed by atoms with E-state index in [1.165, 1.54) is 24.8 Å². The monoisotopic (exact) mass is 405 g/mol. The van der Waals surface area contributed by atoms with Gasteiger partial charge in [-0.25, -0.2) is 4.98 Å². The average Bonchev–Trinajstić information content (AvgIpc) is 2.79. The van der Waals surface area contributed by atoms with Gasteiger partial charge in [-0.05, 0) is 88.4 Å². The standard InChI is InChI=1S/C25H31N3O2/c1-3-30-21-12-10-19(11-13-21)8-9-20-14-16-28(17-15-20)18(2)24-26-23-7-5-4-6-22(23)25(29)27-24/h4-7,10-13,18,20H,3,8-9,14-17H2,1-2H3,(H,26,27,29)/t18-/m1/s1. The fourth-order valence-corrected chi connectivity index (χ4v) is 4.39. The van der Waals surface area contributed by atoms with E-state index in [0.717, 1.165) is 42.5 Å². The number of aryl methyl sites for hydroxylation is 1. The number of aromatic amines is 1. The summed E-state index contributed by atoms with van der Waals surface area (Å²) >= 11 is 0. The Kier molecular flexibility index (Phi) is 6.48. The average molecular weight is 406 g/mol. The highest BCUT2D eigenvalue weighted by Crippen LogP contribution is 2.28. The van der Waals surface area contributed by atoms with E-state index in [0.29, 0.717) is 12.0 Å². The van der Waals surface area contributed by atoms with Crippen LogP contribution in [-0.2, 0) is 6.42 Å². The summed E-state index contributed by atoms with van der Waals surface area (Å²) in [5, 5.41) is 0.654. The van der Waals surface area contributed by atoms with Crippen molar-refractivity contribution < 1.29 is 4.74 Å². The van der Waals surface area contributed by atoms with Crippen molar-refractivity contribution in [3.8, 4) is 5.75 Å². The number of ether oxygens (including phenoxy) is 1. The molecule has 0 radical (unpaired) electrons. The predicted octanol–water partition coefficient (Wildman–Crippen LogP) is 4.73. The molecule has 0 aliphatic carbocycles. The Labute approximate surface area is 178 Å². The van der Waals surface area contributed by atoms with Gasteiger partial charge < -0.3 is 9.72 Å².